The van der Waals surface area contributed by atoms with Crippen molar-refractivity contribution in [3.05, 3.63) is 23.3 Å². The van der Waals surface area contributed by atoms with E-state index in [1.54, 1.807) is 0 Å². The van der Waals surface area contributed by atoms with Crippen molar-refractivity contribution >= 4 is 0 Å². The average Bonchev–Trinajstić information content (AvgIpc) is 2.96. The van der Waals surface area contributed by atoms with Crippen LogP contribution in [0.5, 0.6) is 11.5 Å². The third-order valence-corrected chi connectivity index (χ3v) is 3.57. The maximum Gasteiger partial charge on any atom is 0.416 e. The van der Waals surface area contributed by atoms with Crippen LogP contribution in [0.1, 0.15) is 17.5 Å². The van der Waals surface area contributed by atoms with Gasteiger partial charge in [0.05, 0.1) is 5.56 Å². The Hall–Kier alpha value is -1.43. The third kappa shape index (κ3) is 2.49. The van der Waals surface area contributed by atoms with Gasteiger partial charge in [-0.2, -0.15) is 13.2 Å². The van der Waals surface area contributed by atoms with E-state index in [1.807, 2.05) is 0 Å². The van der Waals surface area contributed by atoms with E-state index in [0.29, 0.717) is 17.7 Å². The molecule has 0 aromatic heterocycles. The molecule has 0 bridgehead atoms. The van der Waals surface area contributed by atoms with Crippen molar-refractivity contribution in [1.29, 1.82) is 0 Å². The van der Waals surface area contributed by atoms with Crippen LogP contribution in [-0.2, 0) is 12.6 Å². The Bertz CT molecular complexity index is 482. The van der Waals surface area contributed by atoms with Gasteiger partial charge in [0.1, 0.15) is 0 Å². The van der Waals surface area contributed by atoms with Crippen LogP contribution in [0.15, 0.2) is 12.1 Å². The van der Waals surface area contributed by atoms with Gasteiger partial charge in [-0.05, 0) is 49.5 Å². The largest absolute Gasteiger partial charge is 0.454 e. The molecule has 6 heteroatoms. The quantitative estimate of drug-likeness (QED) is 0.898. The van der Waals surface area contributed by atoms with Crippen molar-refractivity contribution in [2.75, 3.05) is 19.9 Å². The first-order chi connectivity index (χ1) is 9.04. The fourth-order valence-corrected chi connectivity index (χ4v) is 2.62. The molecule has 1 aromatic rings. The van der Waals surface area contributed by atoms with Crippen LogP contribution in [0.3, 0.4) is 0 Å². The topological polar surface area (TPSA) is 30.5 Å². The molecular formula is C13H14F3NO2. The minimum absolute atomic E-state index is 0.0128. The molecule has 3 rings (SSSR count). The van der Waals surface area contributed by atoms with Crippen molar-refractivity contribution in [1.82, 2.24) is 5.32 Å². The zero-order valence-corrected chi connectivity index (χ0v) is 10.2. The molecule has 1 fully saturated rings. The molecule has 2 heterocycles. The van der Waals surface area contributed by atoms with E-state index in [4.69, 9.17) is 9.47 Å². The molecule has 0 spiro atoms. The molecule has 2 aliphatic rings. The molecule has 2 aliphatic heterocycles. The second-order valence-electron chi connectivity index (χ2n) is 4.92. The molecule has 1 N–H and O–H groups in total. The van der Waals surface area contributed by atoms with Gasteiger partial charge in [0.25, 0.3) is 0 Å². The van der Waals surface area contributed by atoms with Crippen LogP contribution < -0.4 is 14.8 Å². The number of ether oxygens (including phenoxy) is 2. The predicted molar refractivity (Wildman–Crippen MR) is 62.2 cm³/mol. The standard InChI is InChI=1S/C13H14F3NO2/c14-13(15,16)10-5-12-11(18-7-19-12)4-9(10)3-8-1-2-17-6-8/h4-5,8,17H,1-3,6-7H2. The summed E-state index contributed by atoms with van der Waals surface area (Å²) in [5.41, 5.74) is -0.311. The van der Waals surface area contributed by atoms with Crippen LogP contribution >= 0.6 is 0 Å². The van der Waals surface area contributed by atoms with E-state index in [9.17, 15) is 13.2 Å². The highest BCUT2D eigenvalue weighted by Gasteiger charge is 2.36. The number of hydrogen-bond donors (Lipinski definition) is 1. The lowest BCUT2D eigenvalue weighted by molar-refractivity contribution is -0.138. The summed E-state index contributed by atoms with van der Waals surface area (Å²) in [4.78, 5) is 0. The van der Waals surface area contributed by atoms with Crippen molar-refractivity contribution in [3.8, 4) is 11.5 Å². The van der Waals surface area contributed by atoms with Gasteiger partial charge in [-0.1, -0.05) is 0 Å². The molecule has 104 valence electrons. The second-order valence-corrected chi connectivity index (χ2v) is 4.92. The molecule has 1 unspecified atom stereocenters. The Balaban J connectivity index is 1.95. The molecule has 0 amide bonds. The van der Waals surface area contributed by atoms with Crippen LogP contribution in [0, 0.1) is 5.92 Å². The van der Waals surface area contributed by atoms with Gasteiger partial charge in [0.2, 0.25) is 6.79 Å². The average molecular weight is 273 g/mol. The van der Waals surface area contributed by atoms with E-state index >= 15 is 0 Å². The highest BCUT2D eigenvalue weighted by Crippen LogP contribution is 2.42. The van der Waals surface area contributed by atoms with E-state index in [-0.39, 0.29) is 18.5 Å². The summed E-state index contributed by atoms with van der Waals surface area (Å²) in [7, 11) is 0. The first kappa shape index (κ1) is 12.6. The Morgan fingerprint density at radius 3 is 2.58 bits per heavy atom. The van der Waals surface area contributed by atoms with E-state index in [1.165, 1.54) is 6.07 Å². The smallest absolute Gasteiger partial charge is 0.416 e. The second kappa shape index (κ2) is 4.59. The number of alkyl halides is 3. The number of halogens is 3. The number of rotatable bonds is 2. The molecule has 3 nitrogen and oxygen atoms in total. The summed E-state index contributed by atoms with van der Waals surface area (Å²) in [6.45, 7) is 1.63. The van der Waals surface area contributed by atoms with Crippen molar-refractivity contribution < 1.29 is 22.6 Å². The van der Waals surface area contributed by atoms with Crippen LogP contribution in [0.2, 0.25) is 0 Å². The van der Waals surface area contributed by atoms with Gasteiger partial charge in [-0.3, -0.25) is 0 Å². The zero-order chi connectivity index (χ0) is 13.5. The maximum atomic E-state index is 13.1. The Morgan fingerprint density at radius 1 is 1.21 bits per heavy atom. The fourth-order valence-electron chi connectivity index (χ4n) is 2.62. The van der Waals surface area contributed by atoms with Crippen LogP contribution in [-0.4, -0.2) is 19.9 Å². The molecule has 0 saturated carbocycles. The number of benzene rings is 1. The van der Waals surface area contributed by atoms with Crippen LogP contribution in [0.25, 0.3) is 0 Å². The Morgan fingerprint density at radius 2 is 1.95 bits per heavy atom. The lowest BCUT2D eigenvalue weighted by atomic mass is 9.94. The van der Waals surface area contributed by atoms with Gasteiger partial charge in [-0.15, -0.1) is 0 Å². The Kier molecular flexibility index (Phi) is 3.05. The highest BCUT2D eigenvalue weighted by atomic mass is 19.4. The summed E-state index contributed by atoms with van der Waals surface area (Å²) in [5.74, 6) is 0.844. The first-order valence-electron chi connectivity index (χ1n) is 6.24. The molecule has 0 aliphatic carbocycles. The van der Waals surface area contributed by atoms with Gasteiger partial charge in [0.15, 0.2) is 11.5 Å². The normalized spacial score (nSPS) is 21.9. The lowest BCUT2D eigenvalue weighted by Crippen LogP contribution is -2.15. The maximum absolute atomic E-state index is 13.1. The van der Waals surface area contributed by atoms with Gasteiger partial charge in [0, 0.05) is 0 Å². The van der Waals surface area contributed by atoms with Gasteiger partial charge in [-0.25, -0.2) is 0 Å². The molecule has 0 radical (unpaired) electrons. The van der Waals surface area contributed by atoms with Gasteiger partial charge < -0.3 is 14.8 Å². The SMILES string of the molecule is FC(F)(F)c1cc2c(cc1CC1CCNC1)OCO2. The van der Waals surface area contributed by atoms with Gasteiger partial charge >= 0.3 is 6.18 Å². The van der Waals surface area contributed by atoms with Crippen molar-refractivity contribution in [3.63, 3.8) is 0 Å². The lowest BCUT2D eigenvalue weighted by Gasteiger charge is -2.16. The van der Waals surface area contributed by atoms with Crippen molar-refractivity contribution in [2.45, 2.75) is 19.0 Å². The van der Waals surface area contributed by atoms with E-state index < -0.39 is 11.7 Å². The van der Waals surface area contributed by atoms with Crippen LogP contribution in [0.4, 0.5) is 13.2 Å². The minimum atomic E-state index is -4.36. The number of fused-ring (bicyclic) bond motifs is 1. The number of hydrogen-bond acceptors (Lipinski definition) is 3. The number of nitrogens with one attached hydrogen (secondary N) is 1. The molecule has 1 aromatic carbocycles. The fraction of sp³-hybridized carbons (Fsp3) is 0.538. The molecular weight excluding hydrogens is 259 g/mol. The summed E-state index contributed by atoms with van der Waals surface area (Å²) in [6, 6.07) is 2.53. The van der Waals surface area contributed by atoms with Crippen molar-refractivity contribution in [2.24, 2.45) is 5.92 Å². The molecule has 19 heavy (non-hydrogen) atoms. The van der Waals surface area contributed by atoms with E-state index in [0.717, 1.165) is 25.6 Å². The monoisotopic (exact) mass is 273 g/mol. The summed E-state index contributed by atoms with van der Waals surface area (Å²) >= 11 is 0. The summed E-state index contributed by atoms with van der Waals surface area (Å²) < 4.78 is 49.4. The summed E-state index contributed by atoms with van der Waals surface area (Å²) in [5, 5.41) is 3.17. The predicted octanol–water partition coefficient (Wildman–Crippen LogP) is 2.59. The Labute approximate surface area is 108 Å². The minimum Gasteiger partial charge on any atom is -0.454 e. The first-order valence-corrected chi connectivity index (χ1v) is 6.24. The molecule has 1 atom stereocenters. The summed E-state index contributed by atoms with van der Waals surface area (Å²) in [6.07, 6.45) is -3.04. The third-order valence-electron chi connectivity index (χ3n) is 3.57. The molecule has 1 saturated heterocycles. The van der Waals surface area contributed by atoms with E-state index in [2.05, 4.69) is 5.32 Å². The highest BCUT2D eigenvalue weighted by molar-refractivity contribution is 5.49. The zero-order valence-electron chi connectivity index (χ0n) is 10.2.